The van der Waals surface area contributed by atoms with Crippen LogP contribution in [0.5, 0.6) is 0 Å². The smallest absolute Gasteiger partial charge is 0.251 e. The summed E-state index contributed by atoms with van der Waals surface area (Å²) in [6, 6.07) is 5.06. The maximum atomic E-state index is 11.4. The summed E-state index contributed by atoms with van der Waals surface area (Å²) in [5, 5.41) is 15.7. The first-order valence-electron chi connectivity index (χ1n) is 5.96. The van der Waals surface area contributed by atoms with E-state index >= 15 is 0 Å². The van der Waals surface area contributed by atoms with E-state index in [9.17, 15) is 9.90 Å². The van der Waals surface area contributed by atoms with Crippen molar-refractivity contribution in [2.45, 2.75) is 12.5 Å². The van der Waals surface area contributed by atoms with Gasteiger partial charge >= 0.3 is 0 Å². The number of benzene rings is 1. The van der Waals surface area contributed by atoms with E-state index in [2.05, 4.69) is 10.6 Å². The lowest BCUT2D eigenvalue weighted by atomic mass is 10.1. The number of thioether (sulfide) groups is 1. The predicted molar refractivity (Wildman–Crippen MR) is 81.7 cm³/mol. The van der Waals surface area contributed by atoms with Gasteiger partial charge in [0, 0.05) is 24.9 Å². The van der Waals surface area contributed by atoms with Crippen molar-refractivity contribution < 1.29 is 9.90 Å². The number of amides is 1. The number of rotatable bonds is 6. The topological polar surface area (TPSA) is 87.4 Å². The summed E-state index contributed by atoms with van der Waals surface area (Å²) in [4.78, 5) is 11.4. The van der Waals surface area contributed by atoms with Gasteiger partial charge in [0.2, 0.25) is 0 Å². The maximum Gasteiger partial charge on any atom is 0.251 e. The molecule has 1 rings (SSSR count). The quantitative estimate of drug-likeness (QED) is 0.588. The van der Waals surface area contributed by atoms with Crippen LogP contribution in [0.3, 0.4) is 0 Å². The molecule has 0 bridgehead atoms. The number of nitrogen functional groups attached to an aromatic ring is 1. The van der Waals surface area contributed by atoms with E-state index < -0.39 is 5.60 Å². The molecule has 0 saturated carbocycles. The summed E-state index contributed by atoms with van der Waals surface area (Å²) in [7, 11) is 1.57. The number of nitrogens with one attached hydrogen (secondary N) is 2. The molecule has 0 aliphatic carbocycles. The number of carbonyl (C=O) groups is 1. The zero-order chi connectivity index (χ0) is 14.5. The monoisotopic (exact) mass is 283 g/mol. The summed E-state index contributed by atoms with van der Waals surface area (Å²) < 4.78 is 0. The van der Waals surface area contributed by atoms with E-state index in [1.54, 1.807) is 43.9 Å². The first-order valence-corrected chi connectivity index (χ1v) is 7.36. The summed E-state index contributed by atoms with van der Waals surface area (Å²) in [5.41, 5.74) is 6.81. The summed E-state index contributed by atoms with van der Waals surface area (Å²) >= 11 is 1.58. The number of anilines is 2. The van der Waals surface area contributed by atoms with Crippen LogP contribution in [-0.2, 0) is 0 Å². The van der Waals surface area contributed by atoms with Crippen LogP contribution in [0.2, 0.25) is 0 Å². The van der Waals surface area contributed by atoms with Gasteiger partial charge < -0.3 is 21.5 Å². The molecule has 1 aromatic carbocycles. The number of carbonyl (C=O) groups excluding carboxylic acids is 1. The van der Waals surface area contributed by atoms with Crippen LogP contribution in [-0.4, -0.2) is 42.2 Å². The molecule has 0 aliphatic heterocycles. The minimum Gasteiger partial charge on any atom is -0.397 e. The van der Waals surface area contributed by atoms with Gasteiger partial charge in [-0.1, -0.05) is 0 Å². The van der Waals surface area contributed by atoms with Crippen LogP contribution in [0.4, 0.5) is 11.4 Å². The fraction of sp³-hybridized carbons (Fsp3) is 0.462. The van der Waals surface area contributed by atoms with Gasteiger partial charge in [-0.25, -0.2) is 0 Å². The number of hydrogen-bond acceptors (Lipinski definition) is 5. The molecule has 106 valence electrons. The molecule has 6 heteroatoms. The van der Waals surface area contributed by atoms with E-state index in [1.165, 1.54) is 0 Å². The number of aliphatic hydroxyl groups is 1. The van der Waals surface area contributed by atoms with E-state index in [0.717, 1.165) is 0 Å². The lowest BCUT2D eigenvalue weighted by Crippen LogP contribution is -2.36. The van der Waals surface area contributed by atoms with Crippen molar-refractivity contribution in [1.29, 1.82) is 0 Å². The Kier molecular flexibility index (Phi) is 5.50. The standard InChI is InChI=1S/C13H21N3O2S/c1-13(18,8-19-3)7-16-11-5-4-9(6-10(11)14)12(17)15-2/h4-6,16,18H,7-8,14H2,1-3H3,(H,15,17). The molecular weight excluding hydrogens is 262 g/mol. The molecule has 1 atom stereocenters. The third kappa shape index (κ3) is 4.65. The Bertz CT molecular complexity index is 450. The molecule has 0 radical (unpaired) electrons. The van der Waals surface area contributed by atoms with Crippen LogP contribution >= 0.6 is 11.8 Å². The molecule has 0 saturated heterocycles. The Morgan fingerprint density at radius 1 is 1.53 bits per heavy atom. The van der Waals surface area contributed by atoms with Gasteiger partial charge in [-0.05, 0) is 31.4 Å². The first kappa shape index (κ1) is 15.7. The lowest BCUT2D eigenvalue weighted by molar-refractivity contribution is 0.0961. The largest absolute Gasteiger partial charge is 0.397 e. The minimum absolute atomic E-state index is 0.173. The molecule has 1 unspecified atom stereocenters. The summed E-state index contributed by atoms with van der Waals surface area (Å²) in [6.07, 6.45) is 1.95. The second-order valence-corrected chi connectivity index (χ2v) is 5.53. The number of nitrogens with two attached hydrogens (primary N) is 1. The van der Waals surface area contributed by atoms with Gasteiger partial charge in [0.15, 0.2) is 0 Å². The SMILES string of the molecule is CNC(=O)c1ccc(NCC(C)(O)CSC)c(N)c1. The van der Waals surface area contributed by atoms with Crippen LogP contribution in [0.25, 0.3) is 0 Å². The van der Waals surface area contributed by atoms with Gasteiger partial charge in [0.25, 0.3) is 5.91 Å². The summed E-state index contributed by atoms with van der Waals surface area (Å²) in [5.74, 6) is 0.462. The van der Waals surface area contributed by atoms with Gasteiger partial charge in [-0.3, -0.25) is 4.79 Å². The molecule has 5 N–H and O–H groups in total. The molecule has 0 spiro atoms. The molecule has 1 aromatic rings. The molecule has 1 amide bonds. The second-order valence-electron chi connectivity index (χ2n) is 4.66. The van der Waals surface area contributed by atoms with Gasteiger partial charge in [0.05, 0.1) is 17.0 Å². The Hall–Kier alpha value is -1.40. The summed E-state index contributed by atoms with van der Waals surface area (Å²) in [6.45, 7) is 2.17. The highest BCUT2D eigenvalue weighted by molar-refractivity contribution is 7.98. The predicted octanol–water partition coefficient (Wildman–Crippen LogP) is 1.15. The molecule has 0 fully saturated rings. The van der Waals surface area contributed by atoms with Crippen molar-refractivity contribution in [1.82, 2.24) is 5.32 Å². The molecule has 0 aliphatic rings. The number of hydrogen-bond donors (Lipinski definition) is 4. The molecular formula is C13H21N3O2S. The molecule has 19 heavy (non-hydrogen) atoms. The normalized spacial score (nSPS) is 13.7. The highest BCUT2D eigenvalue weighted by atomic mass is 32.2. The van der Waals surface area contributed by atoms with Gasteiger partial charge in [-0.2, -0.15) is 11.8 Å². The van der Waals surface area contributed by atoms with Crippen molar-refractivity contribution >= 4 is 29.0 Å². The van der Waals surface area contributed by atoms with Crippen molar-refractivity contribution in [3.63, 3.8) is 0 Å². The van der Waals surface area contributed by atoms with E-state index in [1.807, 2.05) is 6.26 Å². The molecule has 0 heterocycles. The highest BCUT2D eigenvalue weighted by Crippen LogP contribution is 2.21. The Balaban J connectivity index is 2.73. The van der Waals surface area contributed by atoms with Crippen molar-refractivity contribution in [2.75, 3.05) is 36.7 Å². The van der Waals surface area contributed by atoms with Crippen LogP contribution in [0.15, 0.2) is 18.2 Å². The average molecular weight is 283 g/mol. The maximum absolute atomic E-state index is 11.4. The van der Waals surface area contributed by atoms with Gasteiger partial charge in [-0.15, -0.1) is 0 Å². The molecule has 0 aromatic heterocycles. The first-order chi connectivity index (χ1) is 8.89. The van der Waals surface area contributed by atoms with E-state index in [-0.39, 0.29) is 5.91 Å². The Morgan fingerprint density at radius 3 is 2.74 bits per heavy atom. The zero-order valence-electron chi connectivity index (χ0n) is 11.5. The van der Waals surface area contributed by atoms with Gasteiger partial charge in [0.1, 0.15) is 0 Å². The Morgan fingerprint density at radius 2 is 2.21 bits per heavy atom. The van der Waals surface area contributed by atoms with Crippen LogP contribution < -0.4 is 16.4 Å². The zero-order valence-corrected chi connectivity index (χ0v) is 12.3. The minimum atomic E-state index is -0.800. The van der Waals surface area contributed by atoms with Crippen molar-refractivity contribution in [2.24, 2.45) is 0 Å². The van der Waals surface area contributed by atoms with Crippen LogP contribution in [0.1, 0.15) is 17.3 Å². The fourth-order valence-electron chi connectivity index (χ4n) is 1.66. The fourth-order valence-corrected chi connectivity index (χ4v) is 2.38. The third-order valence-corrected chi connectivity index (χ3v) is 3.57. The highest BCUT2D eigenvalue weighted by Gasteiger charge is 2.19. The van der Waals surface area contributed by atoms with Crippen molar-refractivity contribution in [3.8, 4) is 0 Å². The van der Waals surface area contributed by atoms with E-state index in [0.29, 0.717) is 29.2 Å². The average Bonchev–Trinajstić information content (AvgIpc) is 2.36. The Labute approximate surface area is 118 Å². The third-order valence-electron chi connectivity index (χ3n) is 2.66. The van der Waals surface area contributed by atoms with E-state index in [4.69, 9.17) is 5.73 Å². The lowest BCUT2D eigenvalue weighted by Gasteiger charge is -2.23. The second kappa shape index (κ2) is 6.68. The van der Waals surface area contributed by atoms with Crippen LogP contribution in [0, 0.1) is 0 Å². The van der Waals surface area contributed by atoms with Crippen molar-refractivity contribution in [3.05, 3.63) is 23.8 Å². The molecule has 5 nitrogen and oxygen atoms in total.